The molecule has 1 fully saturated rings. The maximum Gasteiger partial charge on any atom is 0.274 e. The van der Waals surface area contributed by atoms with Gasteiger partial charge in [-0.05, 0) is 50.6 Å². The van der Waals surface area contributed by atoms with E-state index >= 15 is 0 Å². The van der Waals surface area contributed by atoms with E-state index in [0.29, 0.717) is 23.0 Å². The Balaban J connectivity index is 1.35. The molecule has 0 atom stereocenters. The smallest absolute Gasteiger partial charge is 0.274 e. The van der Waals surface area contributed by atoms with Crippen molar-refractivity contribution in [1.29, 1.82) is 0 Å². The molecule has 1 aliphatic rings. The number of halogens is 1. The lowest BCUT2D eigenvalue weighted by atomic mass is 10.2. The van der Waals surface area contributed by atoms with Crippen LogP contribution in [0.5, 0.6) is 5.75 Å². The number of nitrogens with zero attached hydrogens (tertiary/aromatic N) is 6. The first-order chi connectivity index (χ1) is 16.2. The second-order valence-corrected chi connectivity index (χ2v) is 10.4. The zero-order valence-electron chi connectivity index (χ0n) is 19.3. The molecule has 182 valence electrons. The lowest BCUT2D eigenvalue weighted by Gasteiger charge is -2.33. The molecule has 0 unspecified atom stereocenters. The number of piperazine rings is 1. The van der Waals surface area contributed by atoms with E-state index in [2.05, 4.69) is 10.2 Å². The number of aryl methyl sites for hydroxylation is 3. The molecule has 1 aromatic carbocycles. The Bertz CT molecular complexity index is 1290. The monoisotopic (exact) mass is 506 g/mol. The van der Waals surface area contributed by atoms with E-state index in [0.717, 1.165) is 5.56 Å². The Hall–Kier alpha value is -2.89. The van der Waals surface area contributed by atoms with Gasteiger partial charge in [-0.3, -0.25) is 9.48 Å². The first-order valence-electron chi connectivity index (χ1n) is 10.9. The fourth-order valence-electron chi connectivity index (χ4n) is 3.81. The van der Waals surface area contributed by atoms with E-state index in [4.69, 9.17) is 16.3 Å². The number of ether oxygens (including phenoxy) is 1. The van der Waals surface area contributed by atoms with Crippen molar-refractivity contribution < 1.29 is 17.9 Å². The average Bonchev–Trinajstić information content (AvgIpc) is 3.45. The van der Waals surface area contributed by atoms with Crippen LogP contribution in [0.25, 0.3) is 0 Å². The largest absolute Gasteiger partial charge is 0.471 e. The molecule has 0 bridgehead atoms. The summed E-state index contributed by atoms with van der Waals surface area (Å²) in [5, 5.41) is 9.19. The molecule has 0 aliphatic carbocycles. The fourth-order valence-corrected chi connectivity index (χ4v) is 5.62. The summed E-state index contributed by atoms with van der Waals surface area (Å²) in [5.41, 5.74) is 1.66. The third kappa shape index (κ3) is 4.96. The van der Waals surface area contributed by atoms with Crippen molar-refractivity contribution in [1.82, 2.24) is 28.8 Å². The highest BCUT2D eigenvalue weighted by Crippen LogP contribution is 2.23. The van der Waals surface area contributed by atoms with Crippen molar-refractivity contribution in [3.63, 3.8) is 0 Å². The highest BCUT2D eigenvalue weighted by atomic mass is 35.5. The van der Waals surface area contributed by atoms with Gasteiger partial charge >= 0.3 is 0 Å². The Morgan fingerprint density at radius 3 is 2.47 bits per heavy atom. The molecule has 0 N–H and O–H groups in total. The Kier molecular flexibility index (Phi) is 6.96. The van der Waals surface area contributed by atoms with Gasteiger partial charge in [-0.15, -0.1) is 0 Å². The highest BCUT2D eigenvalue weighted by Gasteiger charge is 2.33. The fraction of sp³-hybridized carbons (Fsp3) is 0.409. The molecule has 4 rings (SSSR count). The van der Waals surface area contributed by atoms with E-state index in [-0.39, 0.29) is 49.4 Å². The van der Waals surface area contributed by atoms with Gasteiger partial charge in [0.25, 0.3) is 5.91 Å². The second kappa shape index (κ2) is 9.77. The van der Waals surface area contributed by atoms with Crippen LogP contribution in [0.3, 0.4) is 0 Å². The van der Waals surface area contributed by atoms with Crippen molar-refractivity contribution in [3.8, 4) is 5.75 Å². The normalized spacial score (nSPS) is 15.0. The maximum atomic E-state index is 13.1. The number of aromatic nitrogens is 4. The summed E-state index contributed by atoms with van der Waals surface area (Å²) in [6.45, 7) is 7.22. The number of carbonyl (C=O) groups excluding carboxylic acids is 1. The van der Waals surface area contributed by atoms with Crippen LogP contribution in [0.15, 0.2) is 41.6 Å². The number of rotatable bonds is 7. The van der Waals surface area contributed by atoms with Crippen LogP contribution < -0.4 is 4.74 Å². The molecule has 0 spiro atoms. The van der Waals surface area contributed by atoms with Gasteiger partial charge < -0.3 is 9.64 Å². The topological polar surface area (TPSA) is 103 Å². The number of carbonyl (C=O) groups is 1. The van der Waals surface area contributed by atoms with Crippen molar-refractivity contribution in [3.05, 3.63) is 58.6 Å². The molecule has 0 radical (unpaired) electrons. The summed E-state index contributed by atoms with van der Waals surface area (Å²) in [4.78, 5) is 14.7. The van der Waals surface area contributed by atoms with Gasteiger partial charge in [-0.1, -0.05) is 11.6 Å². The summed E-state index contributed by atoms with van der Waals surface area (Å²) in [6, 6.07) is 6.98. The van der Waals surface area contributed by atoms with Crippen molar-refractivity contribution in [2.24, 2.45) is 0 Å². The molecule has 12 heteroatoms. The molecule has 10 nitrogen and oxygen atoms in total. The van der Waals surface area contributed by atoms with Gasteiger partial charge in [0.15, 0.2) is 12.4 Å². The molecular weight excluding hydrogens is 480 g/mol. The minimum atomic E-state index is -3.66. The first kappa shape index (κ1) is 24.2. The third-order valence-corrected chi connectivity index (χ3v) is 7.95. The lowest BCUT2D eigenvalue weighted by Crippen LogP contribution is -2.50. The highest BCUT2D eigenvalue weighted by molar-refractivity contribution is 7.89. The number of hydrogen-bond donors (Lipinski definition) is 0. The lowest BCUT2D eigenvalue weighted by molar-refractivity contribution is 0.0690. The van der Waals surface area contributed by atoms with Gasteiger partial charge in [0, 0.05) is 50.1 Å². The zero-order chi connectivity index (χ0) is 24.5. The van der Waals surface area contributed by atoms with Crippen LogP contribution in [-0.4, -0.2) is 69.3 Å². The van der Waals surface area contributed by atoms with E-state index < -0.39 is 10.0 Å². The minimum absolute atomic E-state index is 0.145. The number of benzene rings is 1. The quantitative estimate of drug-likeness (QED) is 0.488. The van der Waals surface area contributed by atoms with Crippen molar-refractivity contribution in [2.45, 2.75) is 38.9 Å². The predicted octanol–water partition coefficient (Wildman–Crippen LogP) is 2.55. The number of sulfonamides is 1. The molecule has 3 aromatic rings. The van der Waals surface area contributed by atoms with Crippen LogP contribution >= 0.6 is 11.6 Å². The van der Waals surface area contributed by atoms with Crippen LogP contribution in [-0.2, 0) is 23.3 Å². The minimum Gasteiger partial charge on any atom is -0.471 e. The second-order valence-electron chi connectivity index (χ2n) is 8.05. The summed E-state index contributed by atoms with van der Waals surface area (Å²) in [6.07, 6.45) is 3.23. The van der Waals surface area contributed by atoms with E-state index in [9.17, 15) is 13.2 Å². The number of amides is 1. The third-order valence-electron chi connectivity index (χ3n) is 5.72. The van der Waals surface area contributed by atoms with Crippen LogP contribution in [0.2, 0.25) is 5.02 Å². The molecule has 1 saturated heterocycles. The average molecular weight is 507 g/mol. The van der Waals surface area contributed by atoms with Gasteiger partial charge in [0.05, 0.1) is 5.69 Å². The molecule has 0 saturated carbocycles. The summed E-state index contributed by atoms with van der Waals surface area (Å²) < 4.78 is 36.4. The van der Waals surface area contributed by atoms with E-state index in [1.807, 2.05) is 19.9 Å². The predicted molar refractivity (Wildman–Crippen MR) is 126 cm³/mol. The molecular formula is C22H27ClN6O4S. The SMILES string of the molecule is CCn1cc(S(=O)(=O)N2CCN(C(=O)c3ccn(COc4ccc(Cl)cc4C)n3)CC2)c(C)n1. The van der Waals surface area contributed by atoms with Gasteiger partial charge in [-0.25, -0.2) is 13.1 Å². The van der Waals surface area contributed by atoms with Crippen LogP contribution in [0.4, 0.5) is 0 Å². The molecule has 1 aliphatic heterocycles. The summed E-state index contributed by atoms with van der Waals surface area (Å²) in [5.74, 6) is 0.443. The number of hydrogen-bond acceptors (Lipinski definition) is 6. The molecule has 34 heavy (non-hydrogen) atoms. The summed E-state index contributed by atoms with van der Waals surface area (Å²) in [7, 11) is -3.66. The molecule has 2 aromatic heterocycles. The van der Waals surface area contributed by atoms with E-state index in [1.54, 1.807) is 47.1 Å². The van der Waals surface area contributed by atoms with Gasteiger partial charge in [0.1, 0.15) is 10.6 Å². The first-order valence-corrected chi connectivity index (χ1v) is 12.8. The standard InChI is InChI=1S/C22H27ClN6O4S/c1-4-27-14-21(17(3)24-27)34(31,32)29-11-9-26(10-12-29)22(30)19-7-8-28(25-19)15-33-20-6-5-18(23)13-16(20)2/h5-8,13-14H,4,9-12,15H2,1-3H3. The van der Waals surface area contributed by atoms with Gasteiger partial charge in [-0.2, -0.15) is 14.5 Å². The zero-order valence-corrected chi connectivity index (χ0v) is 20.9. The Labute approximate surface area is 203 Å². The van der Waals surface area contributed by atoms with Crippen LogP contribution in [0, 0.1) is 13.8 Å². The Morgan fingerprint density at radius 2 is 1.82 bits per heavy atom. The summed E-state index contributed by atoms with van der Waals surface area (Å²) >= 11 is 5.97. The molecule has 3 heterocycles. The van der Waals surface area contributed by atoms with Crippen molar-refractivity contribution >= 4 is 27.5 Å². The van der Waals surface area contributed by atoms with Crippen LogP contribution in [0.1, 0.15) is 28.7 Å². The van der Waals surface area contributed by atoms with Crippen molar-refractivity contribution in [2.75, 3.05) is 26.2 Å². The van der Waals surface area contributed by atoms with E-state index in [1.165, 1.54) is 8.99 Å². The Morgan fingerprint density at radius 1 is 1.09 bits per heavy atom. The molecule has 1 amide bonds. The maximum absolute atomic E-state index is 13.1. The van der Waals surface area contributed by atoms with Gasteiger partial charge in [0.2, 0.25) is 10.0 Å².